The van der Waals surface area contributed by atoms with Gasteiger partial charge in [0.2, 0.25) is 5.82 Å². The number of fused-ring (bicyclic) bond motifs is 1. The lowest BCUT2D eigenvalue weighted by atomic mass is 10.3. The molecule has 0 spiro atoms. The smallest absolute Gasteiger partial charge is 0.361 e. The zero-order chi connectivity index (χ0) is 16.2. The van der Waals surface area contributed by atoms with E-state index in [9.17, 15) is 14.9 Å². The summed E-state index contributed by atoms with van der Waals surface area (Å²) in [6.45, 7) is 0.619. The summed E-state index contributed by atoms with van der Waals surface area (Å²) in [6, 6.07) is 3.33. The molecule has 3 aromatic rings. The molecule has 0 bridgehead atoms. The Hall–Kier alpha value is -3.01. The van der Waals surface area contributed by atoms with Crippen molar-refractivity contribution in [1.82, 2.24) is 19.7 Å². The molecule has 0 aliphatic heterocycles. The van der Waals surface area contributed by atoms with Gasteiger partial charge in [0.25, 0.3) is 10.9 Å². The number of hydrogen-bond acceptors (Lipinski definition) is 7. The fraction of sp³-hybridized carbons (Fsp3) is 0.154. The second kappa shape index (κ2) is 6.40. The van der Waals surface area contributed by atoms with Crippen LogP contribution in [0.3, 0.4) is 0 Å². The topological polar surface area (TPSA) is 114 Å². The molecule has 0 aliphatic carbocycles. The zero-order valence-electron chi connectivity index (χ0n) is 11.8. The number of rotatable bonds is 6. The number of amides is 1. The third-order valence-corrected chi connectivity index (χ3v) is 3.79. The minimum Gasteiger partial charge on any atom is -0.361 e. The van der Waals surface area contributed by atoms with Crippen molar-refractivity contribution in [2.45, 2.75) is 0 Å². The van der Waals surface area contributed by atoms with Crippen LogP contribution in [-0.2, 0) is 0 Å². The molecule has 3 rings (SSSR count). The van der Waals surface area contributed by atoms with Gasteiger partial charge in [-0.25, -0.2) is 0 Å². The lowest BCUT2D eigenvalue weighted by molar-refractivity contribution is -0.389. The number of imidazole rings is 1. The van der Waals surface area contributed by atoms with Crippen LogP contribution in [-0.4, -0.2) is 38.3 Å². The summed E-state index contributed by atoms with van der Waals surface area (Å²) in [7, 11) is 0. The van der Waals surface area contributed by atoms with Gasteiger partial charge in [-0.05, 0) is 17.1 Å². The van der Waals surface area contributed by atoms with E-state index in [0.29, 0.717) is 23.6 Å². The molecule has 0 radical (unpaired) electrons. The van der Waals surface area contributed by atoms with Crippen molar-refractivity contribution < 1.29 is 9.72 Å². The van der Waals surface area contributed by atoms with Crippen LogP contribution < -0.4 is 10.6 Å². The molecule has 0 saturated heterocycles. The van der Waals surface area contributed by atoms with Crippen molar-refractivity contribution in [2.75, 3.05) is 18.4 Å². The fourth-order valence-electron chi connectivity index (χ4n) is 2.02. The van der Waals surface area contributed by atoms with Crippen molar-refractivity contribution in [3.05, 3.63) is 51.8 Å². The van der Waals surface area contributed by atoms with Crippen molar-refractivity contribution in [1.29, 1.82) is 0 Å². The van der Waals surface area contributed by atoms with Gasteiger partial charge in [0.05, 0.1) is 5.56 Å². The van der Waals surface area contributed by atoms with Crippen LogP contribution in [0.2, 0.25) is 0 Å². The Morgan fingerprint density at radius 1 is 1.43 bits per heavy atom. The Kier molecular flexibility index (Phi) is 4.15. The normalized spacial score (nSPS) is 10.6. The molecule has 23 heavy (non-hydrogen) atoms. The maximum absolute atomic E-state index is 11.8. The number of nitrogens with zero attached hydrogens (tertiary/aromatic N) is 4. The third-order valence-electron chi connectivity index (χ3n) is 3.04. The van der Waals surface area contributed by atoms with Crippen LogP contribution in [0.5, 0.6) is 0 Å². The average molecular weight is 332 g/mol. The molecule has 2 N–H and O–H groups in total. The molecular weight excluding hydrogens is 320 g/mol. The van der Waals surface area contributed by atoms with Gasteiger partial charge in [-0.1, -0.05) is 11.3 Å². The van der Waals surface area contributed by atoms with Gasteiger partial charge in [-0.2, -0.15) is 9.38 Å². The number of carbonyl (C=O) groups is 1. The fourth-order valence-corrected chi connectivity index (χ4v) is 2.73. The quantitative estimate of drug-likeness (QED) is 0.402. The van der Waals surface area contributed by atoms with E-state index in [4.69, 9.17) is 0 Å². The van der Waals surface area contributed by atoms with Crippen LogP contribution in [0.4, 0.5) is 11.6 Å². The lowest BCUT2D eigenvalue weighted by Crippen LogP contribution is -2.28. The number of pyridine rings is 1. The van der Waals surface area contributed by atoms with Crippen LogP contribution in [0.15, 0.2) is 36.1 Å². The Morgan fingerprint density at radius 3 is 3.04 bits per heavy atom. The minimum absolute atomic E-state index is 0.111. The van der Waals surface area contributed by atoms with Crippen LogP contribution in [0.25, 0.3) is 4.96 Å². The maximum atomic E-state index is 11.8. The number of hydrogen-bond donors (Lipinski definition) is 2. The molecule has 0 aromatic carbocycles. The summed E-state index contributed by atoms with van der Waals surface area (Å²) in [5, 5.41) is 18.5. The maximum Gasteiger partial charge on any atom is 0.372 e. The molecule has 3 heterocycles. The van der Waals surface area contributed by atoms with E-state index in [1.165, 1.54) is 21.9 Å². The van der Waals surface area contributed by atoms with Crippen LogP contribution >= 0.6 is 11.3 Å². The van der Waals surface area contributed by atoms with E-state index in [1.807, 2.05) is 0 Å². The van der Waals surface area contributed by atoms with E-state index < -0.39 is 4.92 Å². The Bertz CT molecular complexity index is 844. The number of anilines is 1. The highest BCUT2D eigenvalue weighted by molar-refractivity contribution is 7.15. The number of aromatic nitrogens is 3. The number of thiazole rings is 1. The lowest BCUT2D eigenvalue weighted by Gasteiger charge is -2.06. The van der Waals surface area contributed by atoms with Crippen molar-refractivity contribution in [3.8, 4) is 0 Å². The second-order valence-corrected chi connectivity index (χ2v) is 5.39. The summed E-state index contributed by atoms with van der Waals surface area (Å²) in [5.74, 6) is -0.169. The molecule has 0 atom stereocenters. The number of carbonyl (C=O) groups excluding carboxylic acids is 1. The molecular formula is C13H12N6O3S. The Morgan fingerprint density at radius 2 is 2.30 bits per heavy atom. The van der Waals surface area contributed by atoms with Crippen LogP contribution in [0, 0.1) is 10.1 Å². The molecule has 118 valence electrons. The van der Waals surface area contributed by atoms with Crippen molar-refractivity contribution in [3.63, 3.8) is 0 Å². The first-order valence-electron chi connectivity index (χ1n) is 6.69. The first-order chi connectivity index (χ1) is 11.2. The van der Waals surface area contributed by atoms with Gasteiger partial charge in [-0.3, -0.25) is 9.78 Å². The summed E-state index contributed by atoms with van der Waals surface area (Å²) in [6.07, 6.45) is 4.65. The van der Waals surface area contributed by atoms with Gasteiger partial charge < -0.3 is 20.7 Å². The molecule has 0 fully saturated rings. The first-order valence-corrected chi connectivity index (χ1v) is 7.57. The van der Waals surface area contributed by atoms with Gasteiger partial charge in [-0.15, -0.1) is 0 Å². The summed E-state index contributed by atoms with van der Waals surface area (Å²) >= 11 is 1.31. The molecule has 3 aromatic heterocycles. The monoisotopic (exact) mass is 332 g/mol. The molecule has 0 aliphatic rings. The molecule has 0 saturated carbocycles. The average Bonchev–Trinajstić information content (AvgIpc) is 3.12. The first kappa shape index (κ1) is 14.9. The predicted octanol–water partition coefficient (Wildman–Crippen LogP) is 1.54. The summed E-state index contributed by atoms with van der Waals surface area (Å²) in [5.41, 5.74) is 0.459. The molecule has 10 heteroatoms. The minimum atomic E-state index is -0.483. The molecule has 9 nitrogen and oxygen atoms in total. The number of nitrogens with one attached hydrogen (secondary N) is 2. The zero-order valence-corrected chi connectivity index (χ0v) is 12.6. The third kappa shape index (κ3) is 3.11. The number of nitro groups is 1. The van der Waals surface area contributed by atoms with Crippen molar-refractivity contribution in [2.24, 2.45) is 0 Å². The Labute approximate surface area is 134 Å². The largest absolute Gasteiger partial charge is 0.372 e. The standard InChI is InChI=1S/C13H12N6O3S/c20-11(9-2-1-3-14-8-9)16-5-4-15-10-12(19(21)22)18-6-7-23-13(18)17-10/h1-3,6-8,15H,4-5H2,(H,16,20). The molecule has 0 unspecified atom stereocenters. The van der Waals surface area contributed by atoms with Gasteiger partial charge in [0.15, 0.2) is 0 Å². The predicted molar refractivity (Wildman–Crippen MR) is 84.8 cm³/mol. The van der Waals surface area contributed by atoms with E-state index in [0.717, 1.165) is 0 Å². The van der Waals surface area contributed by atoms with E-state index in [-0.39, 0.29) is 17.5 Å². The van der Waals surface area contributed by atoms with E-state index in [2.05, 4.69) is 20.6 Å². The highest BCUT2D eigenvalue weighted by Crippen LogP contribution is 2.27. The van der Waals surface area contributed by atoms with Gasteiger partial charge in [0, 0.05) is 30.9 Å². The highest BCUT2D eigenvalue weighted by atomic mass is 32.1. The van der Waals surface area contributed by atoms with E-state index >= 15 is 0 Å². The molecule has 1 amide bonds. The van der Waals surface area contributed by atoms with E-state index in [1.54, 1.807) is 29.9 Å². The van der Waals surface area contributed by atoms with Crippen molar-refractivity contribution >= 4 is 33.8 Å². The van der Waals surface area contributed by atoms with Gasteiger partial charge in [0.1, 0.15) is 6.20 Å². The summed E-state index contributed by atoms with van der Waals surface area (Å²) in [4.78, 5) is 31.1. The highest BCUT2D eigenvalue weighted by Gasteiger charge is 2.23. The SMILES string of the molecule is O=C(NCCNc1nc2sccn2c1[N+](=O)[O-])c1cccnc1. The van der Waals surface area contributed by atoms with Crippen LogP contribution in [0.1, 0.15) is 10.4 Å². The summed E-state index contributed by atoms with van der Waals surface area (Å²) < 4.78 is 1.42. The van der Waals surface area contributed by atoms with Gasteiger partial charge >= 0.3 is 5.82 Å². The Balaban J connectivity index is 1.59. The second-order valence-electron chi connectivity index (χ2n) is 4.52.